The van der Waals surface area contributed by atoms with Gasteiger partial charge in [0.25, 0.3) is 0 Å². The Morgan fingerprint density at radius 3 is 2.56 bits per heavy atom. The molecule has 0 aliphatic carbocycles. The highest BCUT2D eigenvalue weighted by atomic mass is 16.1. The first kappa shape index (κ1) is 17.5. The number of allylic oxidation sites excluding steroid dienone is 1. The number of rotatable bonds is 5. The number of benzene rings is 2. The van der Waals surface area contributed by atoms with E-state index in [1.165, 1.54) is 24.0 Å². The van der Waals surface area contributed by atoms with Crippen LogP contribution in [0.5, 0.6) is 0 Å². The molecule has 0 spiro atoms. The molecule has 1 N–H and O–H groups in total. The van der Waals surface area contributed by atoms with Crippen molar-refractivity contribution in [2.24, 2.45) is 0 Å². The van der Waals surface area contributed by atoms with Gasteiger partial charge in [-0.05, 0) is 44.2 Å². The van der Waals surface area contributed by atoms with Crippen molar-refractivity contribution in [1.82, 2.24) is 5.32 Å². The Kier molecular flexibility index (Phi) is 5.08. The Morgan fingerprint density at radius 1 is 1.12 bits per heavy atom. The Balaban J connectivity index is 1.85. The van der Waals surface area contributed by atoms with Crippen LogP contribution in [0.3, 0.4) is 0 Å². The molecule has 2 heteroatoms. The van der Waals surface area contributed by atoms with Crippen molar-refractivity contribution in [3.63, 3.8) is 0 Å². The average Bonchev–Trinajstić information content (AvgIpc) is 2.59. The second kappa shape index (κ2) is 7.26. The summed E-state index contributed by atoms with van der Waals surface area (Å²) in [6, 6.07) is 16.4. The first-order chi connectivity index (χ1) is 12.0. The van der Waals surface area contributed by atoms with Gasteiger partial charge in [-0.25, -0.2) is 0 Å². The molecule has 130 valence electrons. The van der Waals surface area contributed by atoms with E-state index in [0.717, 1.165) is 29.7 Å². The monoisotopic (exact) mass is 333 g/mol. The van der Waals surface area contributed by atoms with Crippen molar-refractivity contribution >= 4 is 11.5 Å². The van der Waals surface area contributed by atoms with Crippen LogP contribution in [0, 0.1) is 0 Å². The van der Waals surface area contributed by atoms with E-state index >= 15 is 0 Å². The minimum absolute atomic E-state index is 0.0511. The molecule has 1 heterocycles. The fraction of sp³-hybridized carbons (Fsp3) is 0.348. The van der Waals surface area contributed by atoms with Crippen LogP contribution < -0.4 is 5.32 Å². The smallest absolute Gasteiger partial charge is 0.187 e. The third kappa shape index (κ3) is 4.19. The molecule has 0 amide bonds. The molecular weight excluding hydrogens is 306 g/mol. The minimum atomic E-state index is -0.0511. The van der Waals surface area contributed by atoms with Crippen LogP contribution in [-0.4, -0.2) is 11.3 Å². The predicted octanol–water partition coefficient (Wildman–Crippen LogP) is 5.18. The number of carbonyl (C=O) groups is 1. The molecule has 0 radical (unpaired) electrons. The lowest BCUT2D eigenvalue weighted by molar-refractivity contribution is 0.104. The lowest BCUT2D eigenvalue weighted by Crippen LogP contribution is -2.43. The van der Waals surface area contributed by atoms with E-state index < -0.39 is 0 Å². The number of ketones is 1. The number of nitrogens with one attached hydrogen (secondary N) is 1. The normalized spacial score (nSPS) is 17.0. The molecule has 0 aromatic heterocycles. The summed E-state index contributed by atoms with van der Waals surface area (Å²) in [6.45, 7) is 6.54. The average molecular weight is 333 g/mol. The van der Waals surface area contributed by atoms with E-state index in [-0.39, 0.29) is 11.3 Å². The van der Waals surface area contributed by atoms with Gasteiger partial charge < -0.3 is 5.32 Å². The molecule has 2 nitrogen and oxygen atoms in total. The maximum absolute atomic E-state index is 12.7. The van der Waals surface area contributed by atoms with Gasteiger partial charge in [-0.1, -0.05) is 61.9 Å². The minimum Gasteiger partial charge on any atom is -0.379 e. The highest BCUT2D eigenvalue weighted by molar-refractivity contribution is 6.08. The predicted molar refractivity (Wildman–Crippen MR) is 105 cm³/mol. The molecule has 0 saturated carbocycles. The number of unbranched alkanes of at least 4 members (excludes halogenated alkanes) is 1. The van der Waals surface area contributed by atoms with E-state index in [0.29, 0.717) is 0 Å². The molecule has 2 aromatic carbocycles. The molecule has 2 aromatic rings. The maximum atomic E-state index is 12.7. The summed E-state index contributed by atoms with van der Waals surface area (Å²) in [6.07, 6.45) is 6.16. The highest BCUT2D eigenvalue weighted by Crippen LogP contribution is 2.29. The van der Waals surface area contributed by atoms with E-state index in [2.05, 4.69) is 56.4 Å². The van der Waals surface area contributed by atoms with Crippen molar-refractivity contribution in [3.05, 3.63) is 76.9 Å². The zero-order valence-electron chi connectivity index (χ0n) is 15.4. The van der Waals surface area contributed by atoms with Crippen molar-refractivity contribution in [3.8, 4) is 0 Å². The van der Waals surface area contributed by atoms with Crippen molar-refractivity contribution in [1.29, 1.82) is 0 Å². The second-order valence-electron chi connectivity index (χ2n) is 7.57. The van der Waals surface area contributed by atoms with Gasteiger partial charge in [-0.15, -0.1) is 0 Å². The molecule has 0 bridgehead atoms. The summed E-state index contributed by atoms with van der Waals surface area (Å²) < 4.78 is 0. The number of aryl methyl sites for hydroxylation is 1. The van der Waals surface area contributed by atoms with Gasteiger partial charge in [0.1, 0.15) is 0 Å². The molecule has 0 atom stereocenters. The van der Waals surface area contributed by atoms with E-state index in [1.54, 1.807) is 6.08 Å². The summed E-state index contributed by atoms with van der Waals surface area (Å²) in [5, 5.41) is 3.53. The maximum Gasteiger partial charge on any atom is 0.187 e. The molecule has 0 unspecified atom stereocenters. The van der Waals surface area contributed by atoms with Crippen molar-refractivity contribution < 1.29 is 4.79 Å². The first-order valence-corrected chi connectivity index (χ1v) is 9.20. The van der Waals surface area contributed by atoms with E-state index in [1.807, 2.05) is 18.2 Å². The first-order valence-electron chi connectivity index (χ1n) is 9.20. The van der Waals surface area contributed by atoms with Crippen LogP contribution in [-0.2, 0) is 12.8 Å². The Hall–Kier alpha value is -2.35. The molecule has 0 fully saturated rings. The summed E-state index contributed by atoms with van der Waals surface area (Å²) in [7, 11) is 0. The lowest BCUT2D eigenvalue weighted by atomic mass is 9.85. The van der Waals surface area contributed by atoms with Crippen molar-refractivity contribution in [2.75, 3.05) is 0 Å². The van der Waals surface area contributed by atoms with Gasteiger partial charge >= 0.3 is 0 Å². The van der Waals surface area contributed by atoms with E-state index in [4.69, 9.17) is 0 Å². The third-order valence-electron chi connectivity index (χ3n) is 4.75. The fourth-order valence-corrected chi connectivity index (χ4v) is 3.43. The van der Waals surface area contributed by atoms with Crippen LogP contribution in [0.15, 0.2) is 54.6 Å². The molecule has 25 heavy (non-hydrogen) atoms. The Morgan fingerprint density at radius 2 is 1.84 bits per heavy atom. The largest absolute Gasteiger partial charge is 0.379 e. The summed E-state index contributed by atoms with van der Waals surface area (Å²) >= 11 is 0. The molecule has 1 aliphatic heterocycles. The Labute approximate surface area is 151 Å². The zero-order valence-corrected chi connectivity index (χ0v) is 15.4. The van der Waals surface area contributed by atoms with Crippen LogP contribution in [0.25, 0.3) is 5.70 Å². The van der Waals surface area contributed by atoms with Gasteiger partial charge in [0.05, 0.1) is 0 Å². The van der Waals surface area contributed by atoms with Gasteiger partial charge in [-0.3, -0.25) is 4.79 Å². The molecule has 1 aliphatic rings. The number of hydrogen-bond donors (Lipinski definition) is 1. The zero-order chi connectivity index (χ0) is 17.9. The number of hydrogen-bond acceptors (Lipinski definition) is 2. The van der Waals surface area contributed by atoms with Gasteiger partial charge in [-0.2, -0.15) is 0 Å². The molecule has 3 rings (SSSR count). The molecular formula is C23H27NO. The second-order valence-corrected chi connectivity index (χ2v) is 7.57. The number of fused-ring (bicyclic) bond motifs is 1. The van der Waals surface area contributed by atoms with E-state index in [9.17, 15) is 4.79 Å². The van der Waals surface area contributed by atoms with Crippen LogP contribution >= 0.6 is 0 Å². The lowest BCUT2D eigenvalue weighted by Gasteiger charge is -2.35. The van der Waals surface area contributed by atoms with Gasteiger partial charge in [0.15, 0.2) is 5.78 Å². The van der Waals surface area contributed by atoms with Gasteiger partial charge in [0.2, 0.25) is 0 Å². The number of carbonyl (C=O) groups excluding carboxylic acids is 1. The van der Waals surface area contributed by atoms with Crippen molar-refractivity contribution in [2.45, 2.75) is 52.0 Å². The van der Waals surface area contributed by atoms with Crippen LogP contribution in [0.1, 0.15) is 60.7 Å². The quantitative estimate of drug-likeness (QED) is 0.603. The van der Waals surface area contributed by atoms with Crippen LogP contribution in [0.2, 0.25) is 0 Å². The standard InChI is InChI=1S/C23H27NO/c1-4-5-8-17-11-13-18(14-12-17)22(25)15-21-20-10-7-6-9-19(20)16-23(2,3)24-21/h6-7,9-15,24H,4-5,8,16H2,1-3H3. The summed E-state index contributed by atoms with van der Waals surface area (Å²) in [4.78, 5) is 12.7. The van der Waals surface area contributed by atoms with Gasteiger partial charge in [0, 0.05) is 28.4 Å². The fourth-order valence-electron chi connectivity index (χ4n) is 3.43. The molecule has 0 saturated heterocycles. The highest BCUT2D eigenvalue weighted by Gasteiger charge is 2.27. The van der Waals surface area contributed by atoms with Crippen LogP contribution in [0.4, 0.5) is 0 Å². The SMILES string of the molecule is CCCCc1ccc(C(=O)C=C2NC(C)(C)Cc3ccccc32)cc1. The topological polar surface area (TPSA) is 29.1 Å². The summed E-state index contributed by atoms with van der Waals surface area (Å²) in [5.41, 5.74) is 5.34. The third-order valence-corrected chi connectivity index (χ3v) is 4.75. The Bertz CT molecular complexity index is 784. The summed E-state index contributed by atoms with van der Waals surface area (Å²) in [5.74, 6) is 0.0528.